The number of amides is 2. The number of thiazole rings is 1. The Kier molecular flexibility index (Phi) is 4.48. The third kappa shape index (κ3) is 3.11. The van der Waals surface area contributed by atoms with Crippen molar-refractivity contribution >= 4 is 23.2 Å². The first-order chi connectivity index (χ1) is 12.5. The van der Waals surface area contributed by atoms with Crippen LogP contribution in [0, 0.1) is 19.8 Å². The molecule has 3 saturated heterocycles. The second-order valence-corrected chi connectivity index (χ2v) is 7.93. The molecule has 0 aliphatic carbocycles. The molecule has 0 aromatic carbocycles. The average Bonchev–Trinajstić information content (AvgIpc) is 3.00. The number of fused-ring (bicyclic) bond motifs is 4. The predicted octanol–water partition coefficient (Wildman–Crippen LogP) is 2.42. The van der Waals surface area contributed by atoms with Crippen LogP contribution in [0.2, 0.25) is 0 Å². The minimum Gasteiger partial charge on any atom is -0.336 e. The highest BCUT2D eigenvalue weighted by atomic mass is 32.1. The van der Waals surface area contributed by atoms with Gasteiger partial charge in [-0.25, -0.2) is 4.98 Å². The van der Waals surface area contributed by atoms with Crippen molar-refractivity contribution in [2.45, 2.75) is 39.3 Å². The number of carbonyl (C=O) groups is 2. The fraction of sp³-hybridized carbons (Fsp3) is 0.474. The van der Waals surface area contributed by atoms with E-state index in [0.717, 1.165) is 29.8 Å². The van der Waals surface area contributed by atoms with Crippen molar-refractivity contribution in [2.75, 3.05) is 13.1 Å². The lowest BCUT2D eigenvalue weighted by molar-refractivity contribution is -0.140. The van der Waals surface area contributed by atoms with Crippen LogP contribution in [0.1, 0.15) is 40.2 Å². The van der Waals surface area contributed by atoms with E-state index in [1.165, 1.54) is 11.3 Å². The number of nitrogens with zero attached hydrogens (tertiary/aromatic N) is 4. The van der Waals surface area contributed by atoms with E-state index in [2.05, 4.69) is 9.97 Å². The largest absolute Gasteiger partial charge is 0.336 e. The zero-order valence-electron chi connectivity index (χ0n) is 15.0. The minimum atomic E-state index is -0.115. The normalized spacial score (nSPS) is 22.6. The molecule has 6 nitrogen and oxygen atoms in total. The van der Waals surface area contributed by atoms with Gasteiger partial charge in [-0.3, -0.25) is 14.6 Å². The van der Waals surface area contributed by atoms with E-state index < -0.39 is 0 Å². The van der Waals surface area contributed by atoms with Gasteiger partial charge in [0.25, 0.3) is 5.91 Å². The Morgan fingerprint density at radius 3 is 2.85 bits per heavy atom. The molecule has 26 heavy (non-hydrogen) atoms. The summed E-state index contributed by atoms with van der Waals surface area (Å²) in [6.45, 7) is 5.51. The van der Waals surface area contributed by atoms with Crippen molar-refractivity contribution in [1.82, 2.24) is 19.8 Å². The summed E-state index contributed by atoms with van der Waals surface area (Å²) in [6, 6.07) is 1.96. The van der Waals surface area contributed by atoms with E-state index in [4.69, 9.17) is 0 Å². The monoisotopic (exact) mass is 370 g/mol. The molecule has 2 aromatic heterocycles. The molecule has 0 unspecified atom stereocenters. The Balaban J connectivity index is 1.56. The summed E-state index contributed by atoms with van der Waals surface area (Å²) in [5, 5.41) is 1.98. The number of piperidine rings is 1. The Morgan fingerprint density at radius 2 is 2.12 bits per heavy atom. The number of hydrogen-bond acceptors (Lipinski definition) is 5. The van der Waals surface area contributed by atoms with Gasteiger partial charge in [0.1, 0.15) is 0 Å². The van der Waals surface area contributed by atoms with Gasteiger partial charge in [0.05, 0.1) is 29.2 Å². The summed E-state index contributed by atoms with van der Waals surface area (Å²) in [5.41, 5.74) is 5.26. The first-order valence-corrected chi connectivity index (χ1v) is 9.87. The molecule has 2 aromatic rings. The van der Waals surface area contributed by atoms with Crippen LogP contribution in [-0.2, 0) is 11.3 Å². The number of pyridine rings is 1. The van der Waals surface area contributed by atoms with Crippen LogP contribution in [0.4, 0.5) is 0 Å². The number of rotatable bonds is 3. The van der Waals surface area contributed by atoms with Crippen LogP contribution < -0.4 is 0 Å². The summed E-state index contributed by atoms with van der Waals surface area (Å²) >= 11 is 1.54. The summed E-state index contributed by atoms with van der Waals surface area (Å²) in [6.07, 6.45) is 3.44. The van der Waals surface area contributed by atoms with Gasteiger partial charge in [-0.2, -0.15) is 0 Å². The lowest BCUT2D eigenvalue weighted by Gasteiger charge is -2.35. The number of aryl methyl sites for hydroxylation is 2. The minimum absolute atomic E-state index is 0.0270. The Morgan fingerprint density at radius 1 is 1.27 bits per heavy atom. The smallest absolute Gasteiger partial charge is 0.255 e. The van der Waals surface area contributed by atoms with Gasteiger partial charge in [0.2, 0.25) is 5.91 Å². The number of aromatic nitrogens is 2. The number of hydrogen-bond donors (Lipinski definition) is 0. The van der Waals surface area contributed by atoms with Crippen LogP contribution in [0.25, 0.3) is 0 Å². The molecule has 3 fully saturated rings. The molecule has 5 heterocycles. The fourth-order valence-corrected chi connectivity index (χ4v) is 4.40. The summed E-state index contributed by atoms with van der Waals surface area (Å²) in [5.74, 6) is 0.0133. The molecule has 0 saturated carbocycles. The lowest BCUT2D eigenvalue weighted by atomic mass is 9.94. The van der Waals surface area contributed by atoms with Gasteiger partial charge in [-0.15, -0.1) is 11.3 Å². The molecule has 7 heteroatoms. The van der Waals surface area contributed by atoms with Gasteiger partial charge in [-0.1, -0.05) is 0 Å². The van der Waals surface area contributed by atoms with Crippen LogP contribution in [0.3, 0.4) is 0 Å². The van der Waals surface area contributed by atoms with Crippen LogP contribution in [0.15, 0.2) is 23.2 Å². The maximum absolute atomic E-state index is 13.0. The van der Waals surface area contributed by atoms with E-state index in [-0.39, 0.29) is 23.8 Å². The molecular formula is C19H22N4O2S. The molecular weight excluding hydrogens is 348 g/mol. The average molecular weight is 370 g/mol. The summed E-state index contributed by atoms with van der Waals surface area (Å²) < 4.78 is 0. The maximum atomic E-state index is 13.0. The highest BCUT2D eigenvalue weighted by Crippen LogP contribution is 2.31. The molecule has 0 spiro atoms. The van der Waals surface area contributed by atoms with Gasteiger partial charge < -0.3 is 9.80 Å². The van der Waals surface area contributed by atoms with Crippen LogP contribution >= 0.6 is 11.3 Å². The maximum Gasteiger partial charge on any atom is 0.255 e. The molecule has 2 atom stereocenters. The van der Waals surface area contributed by atoms with Crippen molar-refractivity contribution in [3.8, 4) is 0 Å². The molecule has 0 N–H and O–H groups in total. The highest BCUT2D eigenvalue weighted by molar-refractivity contribution is 7.07. The second-order valence-electron chi connectivity index (χ2n) is 7.21. The van der Waals surface area contributed by atoms with E-state index in [9.17, 15) is 9.59 Å². The SMILES string of the molecule is Cc1cc(C(=O)N2C[C@@H]3CC[C@H](C2)N(Cc2cscn2)C3=O)cnc1C. The van der Waals surface area contributed by atoms with Gasteiger partial charge in [0.15, 0.2) is 0 Å². The van der Waals surface area contributed by atoms with Crippen LogP contribution in [0.5, 0.6) is 0 Å². The Labute approximate surface area is 156 Å². The van der Waals surface area contributed by atoms with Gasteiger partial charge in [-0.05, 0) is 38.3 Å². The van der Waals surface area contributed by atoms with Crippen molar-refractivity contribution in [1.29, 1.82) is 0 Å². The van der Waals surface area contributed by atoms with Crippen molar-refractivity contribution in [2.24, 2.45) is 5.92 Å². The van der Waals surface area contributed by atoms with E-state index >= 15 is 0 Å². The van der Waals surface area contributed by atoms with Crippen molar-refractivity contribution in [3.63, 3.8) is 0 Å². The molecule has 136 valence electrons. The summed E-state index contributed by atoms with van der Waals surface area (Å²) in [7, 11) is 0. The molecule has 5 rings (SSSR count). The lowest BCUT2D eigenvalue weighted by Crippen LogP contribution is -2.47. The Hall–Kier alpha value is -2.28. The fourth-order valence-electron chi connectivity index (χ4n) is 3.85. The summed E-state index contributed by atoms with van der Waals surface area (Å²) in [4.78, 5) is 38.3. The van der Waals surface area contributed by atoms with Crippen LogP contribution in [-0.4, -0.2) is 50.7 Å². The topological polar surface area (TPSA) is 66.4 Å². The third-order valence-electron chi connectivity index (χ3n) is 5.48. The molecule has 0 radical (unpaired) electrons. The molecule has 3 aliphatic rings. The first-order valence-electron chi connectivity index (χ1n) is 8.93. The molecule has 3 aliphatic heterocycles. The van der Waals surface area contributed by atoms with E-state index in [1.54, 1.807) is 11.7 Å². The third-order valence-corrected chi connectivity index (χ3v) is 6.12. The van der Waals surface area contributed by atoms with Gasteiger partial charge >= 0.3 is 0 Å². The highest BCUT2D eigenvalue weighted by Gasteiger charge is 2.42. The van der Waals surface area contributed by atoms with Gasteiger partial charge in [0, 0.05) is 36.4 Å². The predicted molar refractivity (Wildman–Crippen MR) is 98.8 cm³/mol. The second kappa shape index (κ2) is 6.79. The first kappa shape index (κ1) is 17.1. The quantitative estimate of drug-likeness (QED) is 0.832. The molecule has 2 bridgehead atoms. The standard InChI is InChI=1S/C19H22N4O2S/c1-12-5-15(6-20-13(12)2)18(24)22-7-14-3-4-17(9-22)23(19(14)25)8-16-10-26-11-21-16/h5-6,10-11,14,17H,3-4,7-9H2,1-2H3/t14-,17+/m0/s1. The zero-order chi connectivity index (χ0) is 18.3. The number of carbonyl (C=O) groups excluding carboxylic acids is 2. The van der Waals surface area contributed by atoms with E-state index in [1.807, 2.05) is 35.1 Å². The van der Waals surface area contributed by atoms with Crippen molar-refractivity contribution in [3.05, 3.63) is 45.7 Å². The Bertz CT molecular complexity index is 836. The van der Waals surface area contributed by atoms with Crippen molar-refractivity contribution < 1.29 is 9.59 Å². The van der Waals surface area contributed by atoms with E-state index in [0.29, 0.717) is 25.2 Å². The zero-order valence-corrected chi connectivity index (χ0v) is 15.8. The molecule has 2 amide bonds.